The van der Waals surface area contributed by atoms with E-state index in [0.29, 0.717) is 41.7 Å². The Morgan fingerprint density at radius 1 is 0.629 bits per heavy atom. The number of nitrogen functional groups attached to an aromatic ring is 3. The van der Waals surface area contributed by atoms with E-state index in [1.807, 2.05) is 0 Å². The smallest absolute Gasteiger partial charge is 0.397 e. The van der Waals surface area contributed by atoms with Crippen LogP contribution in [0.3, 0.4) is 0 Å². The molecule has 0 spiro atoms. The van der Waals surface area contributed by atoms with E-state index in [0.717, 1.165) is 24.3 Å². The van der Waals surface area contributed by atoms with Crippen LogP contribution in [0.15, 0.2) is 165 Å². The minimum atomic E-state index is -5.49. The largest absolute Gasteiger partial charge is 0.505 e. The minimum Gasteiger partial charge on any atom is -0.505 e. The molecule has 28 nitrogen and oxygen atoms in total. The third-order valence-corrected chi connectivity index (χ3v) is 15.0. The van der Waals surface area contributed by atoms with Crippen LogP contribution in [0.2, 0.25) is 0 Å². The zero-order valence-corrected chi connectivity index (χ0v) is 39.7. The third kappa shape index (κ3) is 13.3. The highest BCUT2D eigenvalue weighted by Gasteiger charge is 2.29. The van der Waals surface area contributed by atoms with Crippen molar-refractivity contribution in [3.8, 4) is 5.75 Å². The Morgan fingerprint density at radius 3 is 1.76 bits per heavy atom. The number of sulfone groups is 1. The molecule has 0 aliphatic carbocycles. The van der Waals surface area contributed by atoms with Crippen molar-refractivity contribution in [2.24, 2.45) is 30.7 Å². The van der Waals surface area contributed by atoms with E-state index in [2.05, 4.69) is 52.7 Å². The molecule has 12 N–H and O–H groups in total. The van der Waals surface area contributed by atoms with Gasteiger partial charge in [0.05, 0.1) is 50.3 Å². The lowest BCUT2D eigenvalue weighted by molar-refractivity contribution is 0.284. The van der Waals surface area contributed by atoms with Crippen molar-refractivity contribution in [1.82, 2.24) is 4.72 Å². The predicted octanol–water partition coefficient (Wildman–Crippen LogP) is 5.10. The number of phenolic OH excluding ortho intramolecular Hbond substituents is 1. The van der Waals surface area contributed by atoms with E-state index in [1.165, 1.54) is 24.3 Å². The standard InChI is InChI=1S/C36H34N10O18S6/c1-19(40-42-27-11-5-22(37)17-26(27)38)3-4-20(2)46-66(50,51)24-8-6-23(7-9-24)41-44-34-30(68(55,56)57)15-21-16-31(69(58,59)60)35(36(47)32(21)33(34)39)45-43-28-12-10-25(18-29(28)67(52,53)54)65(48,49)14-13-64-70(61,62)63/h3-12,15-18,46-47H,1-2,13-14,37-39H2,(H,52,53,54)(H,55,56,57)(H,58,59,60)(H,61,62,63)/b4-3-,42-40?,44-41?,45-43?. The highest BCUT2D eigenvalue weighted by atomic mass is 32.3. The first-order chi connectivity index (χ1) is 32.2. The number of benzene rings is 5. The molecule has 0 unspecified atom stereocenters. The first-order valence-electron chi connectivity index (χ1n) is 18.3. The topological polar surface area (TPSA) is 479 Å². The number of allylic oxidation sites excluding steroid dienone is 2. The van der Waals surface area contributed by atoms with Gasteiger partial charge in [0, 0.05) is 11.4 Å². The van der Waals surface area contributed by atoms with Crippen molar-refractivity contribution in [3.05, 3.63) is 110 Å². The van der Waals surface area contributed by atoms with Crippen LogP contribution in [0.1, 0.15) is 0 Å². The van der Waals surface area contributed by atoms with Crippen molar-refractivity contribution >= 4 is 117 Å². The Kier molecular flexibility index (Phi) is 15.4. The molecule has 0 heterocycles. The molecular weight excluding hydrogens is 1050 g/mol. The molecule has 0 bridgehead atoms. The maximum absolute atomic E-state index is 13.1. The summed E-state index contributed by atoms with van der Waals surface area (Å²) in [5, 5.41) is 32.5. The molecule has 0 saturated carbocycles. The number of hydrogen-bond donors (Lipinski definition) is 9. The lowest BCUT2D eigenvalue weighted by Gasteiger charge is -2.14. The second kappa shape index (κ2) is 20.1. The predicted molar refractivity (Wildman–Crippen MR) is 248 cm³/mol. The molecular formula is C36H34N10O18S6. The SMILES string of the molecule is C=C(/C=C\C(=C)NS(=O)(=O)c1ccc(N=Nc2c(S(=O)(=O)O)cc3cc(S(=O)(=O)O)c(N=Nc4ccc(S(=O)(=O)CCOS(=O)(=O)O)cc4S(=O)(=O)O)c(O)c3c2N)cc1)N=Nc1ccc(N)cc1N. The number of nitrogens with two attached hydrogens (primary N) is 3. The zero-order chi connectivity index (χ0) is 52.4. The van der Waals surface area contributed by atoms with Gasteiger partial charge in [-0.1, -0.05) is 13.2 Å². The summed E-state index contributed by atoms with van der Waals surface area (Å²) in [6.45, 7) is 6.18. The zero-order valence-electron chi connectivity index (χ0n) is 34.8. The monoisotopic (exact) mass is 1090 g/mol. The highest BCUT2D eigenvalue weighted by molar-refractivity contribution is 7.91. The molecule has 5 aromatic carbocycles. The van der Waals surface area contributed by atoms with Gasteiger partial charge >= 0.3 is 10.4 Å². The number of aromatic hydroxyl groups is 1. The van der Waals surface area contributed by atoms with Crippen LogP contribution >= 0.6 is 0 Å². The third-order valence-electron chi connectivity index (χ3n) is 8.77. The molecule has 0 aromatic heterocycles. The maximum atomic E-state index is 13.1. The van der Waals surface area contributed by atoms with Gasteiger partial charge in [0.25, 0.3) is 40.4 Å². The van der Waals surface area contributed by atoms with Gasteiger partial charge in [0.15, 0.2) is 15.6 Å². The molecule has 372 valence electrons. The number of nitrogens with one attached hydrogen (secondary N) is 1. The summed E-state index contributed by atoms with van der Waals surface area (Å²) in [4.78, 5) is -4.98. The number of azo groups is 3. The summed E-state index contributed by atoms with van der Waals surface area (Å²) < 4.78 is 193. The van der Waals surface area contributed by atoms with Gasteiger partial charge in [-0.2, -0.15) is 43.9 Å². The Bertz CT molecular complexity index is 3830. The molecule has 0 amide bonds. The number of fused-ring (bicyclic) bond motifs is 1. The quantitative estimate of drug-likeness (QED) is 0.0225. The number of nitrogens with zero attached hydrogens (tertiary/aromatic N) is 6. The van der Waals surface area contributed by atoms with Crippen LogP contribution in [0, 0.1) is 0 Å². The summed E-state index contributed by atoms with van der Waals surface area (Å²) in [5.74, 6) is -2.46. The number of sulfonamides is 1. The fourth-order valence-electron chi connectivity index (χ4n) is 5.63. The maximum Gasteiger partial charge on any atom is 0.397 e. The number of rotatable bonds is 19. The summed E-state index contributed by atoms with van der Waals surface area (Å²) >= 11 is 0. The highest BCUT2D eigenvalue weighted by Crippen LogP contribution is 2.48. The Labute approximate surface area is 397 Å². The average molecular weight is 1090 g/mol. The molecule has 5 aromatic rings. The molecule has 0 atom stereocenters. The van der Waals surface area contributed by atoms with Crippen LogP contribution in [-0.4, -0.2) is 86.2 Å². The van der Waals surface area contributed by atoms with Gasteiger partial charge in [-0.25, -0.2) is 21.0 Å². The van der Waals surface area contributed by atoms with Gasteiger partial charge in [-0.05, 0) is 90.3 Å². The number of hydrogen-bond acceptors (Lipinski definition) is 23. The number of anilines is 3. The molecule has 0 fully saturated rings. The van der Waals surface area contributed by atoms with E-state index >= 15 is 0 Å². The van der Waals surface area contributed by atoms with Crippen molar-refractivity contribution in [2.75, 3.05) is 29.6 Å². The van der Waals surface area contributed by atoms with Crippen LogP contribution in [0.25, 0.3) is 10.8 Å². The minimum absolute atomic E-state index is 0.0858. The summed E-state index contributed by atoms with van der Waals surface area (Å²) in [6, 6.07) is 11.5. The Hall–Kier alpha value is -7.12. The molecule has 0 aliphatic rings. The molecule has 34 heteroatoms. The van der Waals surface area contributed by atoms with Gasteiger partial charge in [-0.15, -0.1) is 20.5 Å². The van der Waals surface area contributed by atoms with Crippen molar-refractivity contribution in [1.29, 1.82) is 0 Å². The van der Waals surface area contributed by atoms with Crippen LogP contribution in [0.4, 0.5) is 45.5 Å². The van der Waals surface area contributed by atoms with Crippen LogP contribution < -0.4 is 21.9 Å². The van der Waals surface area contributed by atoms with Gasteiger partial charge in [0.2, 0.25) is 0 Å². The van der Waals surface area contributed by atoms with E-state index in [9.17, 15) is 69.3 Å². The van der Waals surface area contributed by atoms with Gasteiger partial charge < -0.3 is 22.3 Å². The molecule has 0 saturated heterocycles. The fourth-order valence-corrected chi connectivity index (χ4v) is 10.2. The first-order valence-corrected chi connectivity index (χ1v) is 27.1. The van der Waals surface area contributed by atoms with E-state index in [-0.39, 0.29) is 27.7 Å². The van der Waals surface area contributed by atoms with E-state index < -0.39 is 132 Å². The van der Waals surface area contributed by atoms with Gasteiger partial charge in [-0.3, -0.25) is 22.9 Å². The number of phenols is 1. The van der Waals surface area contributed by atoms with E-state index in [4.69, 9.17) is 21.8 Å². The summed E-state index contributed by atoms with van der Waals surface area (Å²) in [7, 11) is -30.3. The summed E-state index contributed by atoms with van der Waals surface area (Å²) in [5.41, 5.74) is 14.6. The average Bonchev–Trinajstić information content (AvgIpc) is 3.22. The molecule has 5 rings (SSSR count). The van der Waals surface area contributed by atoms with Crippen molar-refractivity contribution in [3.63, 3.8) is 0 Å². The Morgan fingerprint density at radius 2 is 1.19 bits per heavy atom. The summed E-state index contributed by atoms with van der Waals surface area (Å²) in [6.07, 6.45) is 2.53. The van der Waals surface area contributed by atoms with Gasteiger partial charge in [0.1, 0.15) is 37.4 Å². The molecule has 0 aliphatic heterocycles. The second-order valence-corrected chi connectivity index (χ2v) is 22.9. The van der Waals surface area contributed by atoms with E-state index in [1.54, 1.807) is 6.07 Å². The lowest BCUT2D eigenvalue weighted by Crippen LogP contribution is -2.21. The fraction of sp³-hybridized carbons (Fsp3) is 0.0556. The van der Waals surface area contributed by atoms with Crippen LogP contribution in [-0.2, 0) is 64.8 Å². The normalized spacial score (nSPS) is 13.3. The lowest BCUT2D eigenvalue weighted by atomic mass is 10.1. The van der Waals surface area contributed by atoms with Crippen LogP contribution in [0.5, 0.6) is 5.75 Å². The van der Waals surface area contributed by atoms with Crippen molar-refractivity contribution in [2.45, 2.75) is 24.5 Å². The molecule has 70 heavy (non-hydrogen) atoms. The van der Waals surface area contributed by atoms with Crippen molar-refractivity contribution < 1.29 is 78.0 Å². The molecule has 0 radical (unpaired) electrons. The second-order valence-electron chi connectivity index (χ2n) is 13.8. The Balaban J connectivity index is 1.48. The first kappa shape index (κ1) is 53.8.